The van der Waals surface area contributed by atoms with Crippen molar-refractivity contribution in [2.24, 2.45) is 0 Å². The smallest absolute Gasteiger partial charge is 0.187 e. The molecule has 3 aromatic heterocycles. The van der Waals surface area contributed by atoms with Gasteiger partial charge in [-0.25, -0.2) is 9.97 Å². The molecule has 0 saturated carbocycles. The molecule has 0 aliphatic carbocycles. The number of anilines is 2. The number of aryl methyl sites for hydroxylation is 1. The number of aromatic nitrogens is 3. The summed E-state index contributed by atoms with van der Waals surface area (Å²) in [5.41, 5.74) is 4.89. The summed E-state index contributed by atoms with van der Waals surface area (Å²) in [5.74, 6) is 0.456. The van der Waals surface area contributed by atoms with Crippen LogP contribution in [-0.4, -0.2) is 32.9 Å². The number of nitriles is 1. The SMILES string of the molecule is Cc1cncc(CN2CCCC(c3csc(Nc4ccc(C#N)nc4)n3)C2)c1. The highest BCUT2D eigenvalue weighted by Gasteiger charge is 2.23. The van der Waals surface area contributed by atoms with E-state index in [0.29, 0.717) is 11.6 Å². The second kappa shape index (κ2) is 8.46. The van der Waals surface area contributed by atoms with E-state index in [-0.39, 0.29) is 0 Å². The molecule has 0 bridgehead atoms. The third kappa shape index (κ3) is 4.53. The van der Waals surface area contributed by atoms with Crippen LogP contribution in [-0.2, 0) is 6.54 Å². The topological polar surface area (TPSA) is 77.7 Å². The average molecular weight is 391 g/mol. The minimum absolute atomic E-state index is 0.413. The first-order valence-electron chi connectivity index (χ1n) is 9.41. The molecule has 0 aromatic carbocycles. The Kier molecular flexibility index (Phi) is 5.60. The van der Waals surface area contributed by atoms with Crippen molar-refractivity contribution in [2.45, 2.75) is 32.2 Å². The Labute approximate surface area is 168 Å². The molecule has 4 heterocycles. The molecule has 0 radical (unpaired) electrons. The van der Waals surface area contributed by atoms with Crippen LogP contribution in [0.15, 0.2) is 42.2 Å². The van der Waals surface area contributed by atoms with Gasteiger partial charge in [0, 0.05) is 36.8 Å². The molecule has 142 valence electrons. The van der Waals surface area contributed by atoms with Crippen molar-refractivity contribution in [3.63, 3.8) is 0 Å². The van der Waals surface area contributed by atoms with Crippen LogP contribution in [0.2, 0.25) is 0 Å². The summed E-state index contributed by atoms with van der Waals surface area (Å²) in [5, 5.41) is 15.1. The van der Waals surface area contributed by atoms with Crippen molar-refractivity contribution >= 4 is 22.2 Å². The van der Waals surface area contributed by atoms with Crippen LogP contribution in [0.3, 0.4) is 0 Å². The lowest BCUT2D eigenvalue weighted by Crippen LogP contribution is -2.34. The fourth-order valence-electron chi connectivity index (χ4n) is 3.59. The van der Waals surface area contributed by atoms with Crippen molar-refractivity contribution < 1.29 is 0 Å². The average Bonchev–Trinajstić information content (AvgIpc) is 3.17. The van der Waals surface area contributed by atoms with E-state index in [1.165, 1.54) is 24.0 Å². The maximum atomic E-state index is 8.84. The number of nitrogens with one attached hydrogen (secondary N) is 1. The zero-order valence-electron chi connectivity index (χ0n) is 15.8. The summed E-state index contributed by atoms with van der Waals surface area (Å²) >= 11 is 1.61. The summed E-state index contributed by atoms with van der Waals surface area (Å²) in [6, 6.07) is 7.80. The zero-order valence-corrected chi connectivity index (χ0v) is 16.6. The second-order valence-electron chi connectivity index (χ2n) is 7.19. The number of piperidine rings is 1. The molecule has 6 nitrogen and oxygen atoms in total. The maximum Gasteiger partial charge on any atom is 0.187 e. The molecule has 1 N–H and O–H groups in total. The Morgan fingerprint density at radius 2 is 2.25 bits per heavy atom. The van der Waals surface area contributed by atoms with E-state index >= 15 is 0 Å². The molecule has 1 unspecified atom stereocenters. The van der Waals surface area contributed by atoms with Crippen LogP contribution >= 0.6 is 11.3 Å². The van der Waals surface area contributed by atoms with Crippen molar-refractivity contribution in [1.82, 2.24) is 19.9 Å². The highest BCUT2D eigenvalue weighted by atomic mass is 32.1. The highest BCUT2D eigenvalue weighted by Crippen LogP contribution is 2.31. The fourth-order valence-corrected chi connectivity index (χ4v) is 4.40. The molecule has 3 aromatic rings. The third-order valence-corrected chi connectivity index (χ3v) is 5.69. The Morgan fingerprint density at radius 3 is 3.04 bits per heavy atom. The van der Waals surface area contributed by atoms with Crippen molar-refractivity contribution in [2.75, 3.05) is 18.4 Å². The number of likely N-dealkylation sites (tertiary alicyclic amines) is 1. The molecule has 1 aliphatic heterocycles. The van der Waals surface area contributed by atoms with E-state index in [1.54, 1.807) is 23.6 Å². The molecule has 28 heavy (non-hydrogen) atoms. The van der Waals surface area contributed by atoms with Gasteiger partial charge in [0.1, 0.15) is 11.8 Å². The normalized spacial score (nSPS) is 17.2. The van der Waals surface area contributed by atoms with Crippen molar-refractivity contribution in [3.8, 4) is 6.07 Å². The lowest BCUT2D eigenvalue weighted by atomic mass is 9.95. The highest BCUT2D eigenvalue weighted by molar-refractivity contribution is 7.13. The predicted octanol–water partition coefficient (Wildman–Crippen LogP) is 4.24. The van der Waals surface area contributed by atoms with E-state index < -0.39 is 0 Å². The van der Waals surface area contributed by atoms with E-state index in [4.69, 9.17) is 10.2 Å². The van der Waals surface area contributed by atoms with Crippen molar-refractivity contribution in [3.05, 3.63) is 64.7 Å². The first-order valence-corrected chi connectivity index (χ1v) is 10.3. The quantitative estimate of drug-likeness (QED) is 0.702. The standard InChI is InChI=1S/C21H22N6S/c1-15-7-16(10-23-9-15)12-27-6-2-3-17(13-27)20-14-28-21(26-20)25-19-5-4-18(8-22)24-11-19/h4-5,7,9-11,14,17H,2-3,6,12-13H2,1H3,(H,25,26). The van der Waals surface area contributed by atoms with Crippen LogP contribution in [0.5, 0.6) is 0 Å². The van der Waals surface area contributed by atoms with Crippen LogP contribution in [0.25, 0.3) is 0 Å². The zero-order chi connectivity index (χ0) is 19.3. The number of nitrogens with zero attached hydrogens (tertiary/aromatic N) is 5. The molecule has 7 heteroatoms. The molecule has 1 fully saturated rings. The first kappa shape index (κ1) is 18.5. The van der Waals surface area contributed by atoms with Crippen LogP contribution < -0.4 is 5.32 Å². The van der Waals surface area contributed by atoms with Crippen LogP contribution in [0, 0.1) is 18.3 Å². The Hall–Kier alpha value is -2.82. The van der Waals surface area contributed by atoms with Gasteiger partial charge in [0.2, 0.25) is 0 Å². The number of hydrogen-bond acceptors (Lipinski definition) is 7. The van der Waals surface area contributed by atoms with Gasteiger partial charge < -0.3 is 5.32 Å². The van der Waals surface area contributed by atoms with E-state index in [1.807, 2.05) is 24.5 Å². The third-order valence-electron chi connectivity index (χ3n) is 4.91. The summed E-state index contributed by atoms with van der Waals surface area (Å²) in [4.78, 5) is 15.7. The summed E-state index contributed by atoms with van der Waals surface area (Å²) in [7, 11) is 0. The minimum atomic E-state index is 0.413. The number of thiazole rings is 1. The minimum Gasteiger partial charge on any atom is -0.330 e. The molecule has 4 rings (SSSR count). The van der Waals surface area contributed by atoms with E-state index in [0.717, 1.165) is 36.1 Å². The number of pyridine rings is 2. The Morgan fingerprint density at radius 1 is 1.32 bits per heavy atom. The maximum absolute atomic E-state index is 8.84. The molecular weight excluding hydrogens is 368 g/mol. The van der Waals surface area contributed by atoms with E-state index in [2.05, 4.69) is 38.6 Å². The number of rotatable bonds is 5. The van der Waals surface area contributed by atoms with Crippen molar-refractivity contribution in [1.29, 1.82) is 5.26 Å². The van der Waals surface area contributed by atoms with Gasteiger partial charge in [0.15, 0.2) is 5.13 Å². The van der Waals surface area contributed by atoms with Gasteiger partial charge in [-0.2, -0.15) is 5.26 Å². The predicted molar refractivity (Wildman–Crippen MR) is 111 cm³/mol. The van der Waals surface area contributed by atoms with Gasteiger partial charge in [-0.15, -0.1) is 11.3 Å². The molecule has 0 amide bonds. The molecule has 1 atom stereocenters. The first-order chi connectivity index (χ1) is 13.7. The molecule has 1 aliphatic rings. The summed E-state index contributed by atoms with van der Waals surface area (Å²) < 4.78 is 0. The molecule has 1 saturated heterocycles. The van der Waals surface area contributed by atoms with Gasteiger partial charge in [0.25, 0.3) is 0 Å². The van der Waals surface area contributed by atoms with Gasteiger partial charge >= 0.3 is 0 Å². The summed E-state index contributed by atoms with van der Waals surface area (Å²) in [6.07, 6.45) is 7.88. The second-order valence-corrected chi connectivity index (χ2v) is 8.05. The monoisotopic (exact) mass is 390 g/mol. The van der Waals surface area contributed by atoms with E-state index in [9.17, 15) is 0 Å². The van der Waals surface area contributed by atoms with Gasteiger partial charge in [0.05, 0.1) is 17.6 Å². The van der Waals surface area contributed by atoms with Crippen LogP contribution in [0.1, 0.15) is 41.3 Å². The lowest BCUT2D eigenvalue weighted by molar-refractivity contribution is 0.198. The lowest BCUT2D eigenvalue weighted by Gasteiger charge is -2.32. The Bertz CT molecular complexity index is 975. The molecule has 0 spiro atoms. The van der Waals surface area contributed by atoms with Crippen LogP contribution in [0.4, 0.5) is 10.8 Å². The number of hydrogen-bond donors (Lipinski definition) is 1. The van der Waals surface area contributed by atoms with Gasteiger partial charge in [-0.1, -0.05) is 6.07 Å². The fraction of sp³-hybridized carbons (Fsp3) is 0.333. The largest absolute Gasteiger partial charge is 0.330 e. The van der Waals surface area contributed by atoms with Gasteiger partial charge in [-0.05, 0) is 49.6 Å². The Balaban J connectivity index is 1.39. The summed E-state index contributed by atoms with van der Waals surface area (Å²) in [6.45, 7) is 5.17. The molecular formula is C21H22N6S. The van der Waals surface area contributed by atoms with Gasteiger partial charge in [-0.3, -0.25) is 9.88 Å².